The Kier molecular flexibility index (Phi) is 5.91. The molecule has 0 atom stereocenters. The molecule has 0 fully saturated rings. The number of benzene rings is 1. The molecular weight excluding hydrogens is 264 g/mol. The highest BCUT2D eigenvalue weighted by atomic mass is 16.5. The normalized spacial score (nSPS) is 10.3. The van der Waals surface area contributed by atoms with E-state index in [1.54, 1.807) is 19.1 Å². The van der Waals surface area contributed by atoms with E-state index in [0.717, 1.165) is 25.1 Å². The predicted molar refractivity (Wildman–Crippen MR) is 82.0 cm³/mol. The summed E-state index contributed by atoms with van der Waals surface area (Å²) in [5.41, 5.74) is 3.02. The van der Waals surface area contributed by atoms with Crippen LogP contribution in [0.4, 0.5) is 0 Å². The number of aromatic nitrogens is 1. The number of carbonyl (C=O) groups excluding carboxylic acids is 1. The van der Waals surface area contributed by atoms with E-state index < -0.39 is 0 Å². The summed E-state index contributed by atoms with van der Waals surface area (Å²) in [5.74, 6) is -0.269. The highest BCUT2D eigenvalue weighted by Crippen LogP contribution is 2.06. The van der Waals surface area contributed by atoms with Gasteiger partial charge in [-0.3, -0.25) is 4.98 Å². The van der Waals surface area contributed by atoms with Gasteiger partial charge in [-0.2, -0.15) is 0 Å². The molecule has 1 aromatic heterocycles. The molecule has 4 nitrogen and oxygen atoms in total. The molecule has 2 aromatic rings. The lowest BCUT2D eigenvalue weighted by Crippen LogP contribution is -2.16. The number of esters is 1. The Morgan fingerprint density at radius 2 is 1.81 bits per heavy atom. The first kappa shape index (κ1) is 15.2. The summed E-state index contributed by atoms with van der Waals surface area (Å²) >= 11 is 0. The molecule has 0 aliphatic heterocycles. The van der Waals surface area contributed by atoms with E-state index in [0.29, 0.717) is 12.2 Å². The maximum Gasteiger partial charge on any atom is 0.338 e. The molecule has 4 heteroatoms. The van der Waals surface area contributed by atoms with Crippen LogP contribution in [-0.4, -0.2) is 24.1 Å². The smallest absolute Gasteiger partial charge is 0.338 e. The zero-order chi connectivity index (χ0) is 14.9. The fourth-order valence-electron chi connectivity index (χ4n) is 1.99. The average molecular weight is 284 g/mol. The topological polar surface area (TPSA) is 51.2 Å². The molecule has 0 unspecified atom stereocenters. The standard InChI is InChI=1S/C17H20N2O2/c1-2-21-17(20)16-5-3-15(4-6-16)13-19-12-9-14-7-10-18-11-8-14/h3-8,10-11,19H,2,9,12-13H2,1H3. The number of rotatable bonds is 7. The van der Waals surface area contributed by atoms with Crippen molar-refractivity contribution in [3.63, 3.8) is 0 Å². The first-order valence-electron chi connectivity index (χ1n) is 7.15. The Bertz CT molecular complexity index is 553. The summed E-state index contributed by atoms with van der Waals surface area (Å²) in [5, 5.41) is 3.39. The van der Waals surface area contributed by atoms with Gasteiger partial charge in [0.2, 0.25) is 0 Å². The number of nitrogens with one attached hydrogen (secondary N) is 1. The maximum absolute atomic E-state index is 11.5. The molecule has 0 saturated heterocycles. The summed E-state index contributed by atoms with van der Waals surface area (Å²) in [6.45, 7) is 3.90. The number of hydrogen-bond donors (Lipinski definition) is 1. The number of pyridine rings is 1. The largest absolute Gasteiger partial charge is 0.462 e. The molecule has 2 rings (SSSR count). The molecule has 0 spiro atoms. The second-order valence-electron chi connectivity index (χ2n) is 4.70. The SMILES string of the molecule is CCOC(=O)c1ccc(CNCCc2ccncc2)cc1. The molecule has 0 aliphatic rings. The van der Waals surface area contributed by atoms with Crippen LogP contribution >= 0.6 is 0 Å². The van der Waals surface area contributed by atoms with Crippen LogP contribution in [0.1, 0.15) is 28.4 Å². The Labute approximate surface area is 125 Å². The van der Waals surface area contributed by atoms with Crippen molar-refractivity contribution >= 4 is 5.97 Å². The van der Waals surface area contributed by atoms with Gasteiger partial charge < -0.3 is 10.1 Å². The van der Waals surface area contributed by atoms with Gasteiger partial charge >= 0.3 is 5.97 Å². The quantitative estimate of drug-likeness (QED) is 0.627. The van der Waals surface area contributed by atoms with Crippen LogP contribution in [0.3, 0.4) is 0 Å². The summed E-state index contributed by atoms with van der Waals surface area (Å²) in [6.07, 6.45) is 4.59. The number of hydrogen-bond acceptors (Lipinski definition) is 4. The van der Waals surface area contributed by atoms with Crippen molar-refractivity contribution in [3.8, 4) is 0 Å². The van der Waals surface area contributed by atoms with Crippen LogP contribution in [0.2, 0.25) is 0 Å². The van der Waals surface area contributed by atoms with Crippen LogP contribution in [0.5, 0.6) is 0 Å². The molecule has 0 amide bonds. The van der Waals surface area contributed by atoms with E-state index in [1.807, 2.05) is 36.7 Å². The van der Waals surface area contributed by atoms with Crippen molar-refractivity contribution in [2.45, 2.75) is 19.9 Å². The lowest BCUT2D eigenvalue weighted by molar-refractivity contribution is 0.0526. The van der Waals surface area contributed by atoms with E-state index in [4.69, 9.17) is 4.74 Å². The van der Waals surface area contributed by atoms with Crippen molar-refractivity contribution in [2.75, 3.05) is 13.2 Å². The van der Waals surface area contributed by atoms with Crippen molar-refractivity contribution in [2.24, 2.45) is 0 Å². The Morgan fingerprint density at radius 1 is 1.10 bits per heavy atom. The molecule has 1 N–H and O–H groups in total. The van der Waals surface area contributed by atoms with E-state index in [9.17, 15) is 4.79 Å². The zero-order valence-electron chi connectivity index (χ0n) is 12.2. The fourth-order valence-corrected chi connectivity index (χ4v) is 1.99. The Morgan fingerprint density at radius 3 is 2.48 bits per heavy atom. The van der Waals surface area contributed by atoms with Gasteiger partial charge in [-0.15, -0.1) is 0 Å². The Hall–Kier alpha value is -2.20. The first-order chi connectivity index (χ1) is 10.3. The molecule has 110 valence electrons. The minimum Gasteiger partial charge on any atom is -0.462 e. The molecule has 0 aliphatic carbocycles. The van der Waals surface area contributed by atoms with E-state index >= 15 is 0 Å². The minimum absolute atomic E-state index is 0.269. The molecule has 1 heterocycles. The van der Waals surface area contributed by atoms with Crippen molar-refractivity contribution < 1.29 is 9.53 Å². The third-order valence-corrected chi connectivity index (χ3v) is 3.13. The molecule has 1 aromatic carbocycles. The van der Waals surface area contributed by atoms with Crippen LogP contribution in [0.15, 0.2) is 48.8 Å². The average Bonchev–Trinajstić information content (AvgIpc) is 2.53. The summed E-state index contributed by atoms with van der Waals surface area (Å²) in [6, 6.07) is 11.6. The lowest BCUT2D eigenvalue weighted by atomic mass is 10.1. The van der Waals surface area contributed by atoms with Gasteiger partial charge in [0.1, 0.15) is 0 Å². The second kappa shape index (κ2) is 8.17. The molecule has 0 radical (unpaired) electrons. The summed E-state index contributed by atoms with van der Waals surface area (Å²) in [4.78, 5) is 15.5. The van der Waals surface area contributed by atoms with Gasteiger partial charge in [-0.25, -0.2) is 4.79 Å². The van der Waals surface area contributed by atoms with Crippen LogP contribution in [-0.2, 0) is 17.7 Å². The summed E-state index contributed by atoms with van der Waals surface area (Å²) < 4.78 is 4.96. The highest BCUT2D eigenvalue weighted by molar-refractivity contribution is 5.89. The minimum atomic E-state index is -0.269. The maximum atomic E-state index is 11.5. The van der Waals surface area contributed by atoms with Gasteiger partial charge in [0, 0.05) is 18.9 Å². The zero-order valence-corrected chi connectivity index (χ0v) is 12.2. The molecule has 0 bridgehead atoms. The monoisotopic (exact) mass is 284 g/mol. The lowest BCUT2D eigenvalue weighted by Gasteiger charge is -2.06. The highest BCUT2D eigenvalue weighted by Gasteiger charge is 2.05. The third kappa shape index (κ3) is 5.00. The molecular formula is C17H20N2O2. The van der Waals surface area contributed by atoms with Gasteiger partial charge in [0.15, 0.2) is 0 Å². The van der Waals surface area contributed by atoms with E-state index in [-0.39, 0.29) is 5.97 Å². The molecule has 21 heavy (non-hydrogen) atoms. The van der Waals surface area contributed by atoms with Crippen LogP contribution in [0, 0.1) is 0 Å². The van der Waals surface area contributed by atoms with Crippen LogP contribution < -0.4 is 5.32 Å². The third-order valence-electron chi connectivity index (χ3n) is 3.13. The van der Waals surface area contributed by atoms with Crippen molar-refractivity contribution in [1.82, 2.24) is 10.3 Å². The number of nitrogens with zero attached hydrogens (tertiary/aromatic N) is 1. The first-order valence-corrected chi connectivity index (χ1v) is 7.15. The predicted octanol–water partition coefficient (Wildman–Crippen LogP) is 2.59. The van der Waals surface area contributed by atoms with Gasteiger partial charge in [0.25, 0.3) is 0 Å². The second-order valence-corrected chi connectivity index (χ2v) is 4.70. The van der Waals surface area contributed by atoms with E-state index in [1.165, 1.54) is 5.56 Å². The Balaban J connectivity index is 1.75. The summed E-state index contributed by atoms with van der Waals surface area (Å²) in [7, 11) is 0. The molecule has 0 saturated carbocycles. The number of ether oxygens (including phenoxy) is 1. The van der Waals surface area contributed by atoms with Gasteiger partial charge in [-0.1, -0.05) is 12.1 Å². The van der Waals surface area contributed by atoms with Crippen LogP contribution in [0.25, 0.3) is 0 Å². The fraction of sp³-hybridized carbons (Fsp3) is 0.294. The number of carbonyl (C=O) groups is 1. The van der Waals surface area contributed by atoms with E-state index in [2.05, 4.69) is 10.3 Å². The van der Waals surface area contributed by atoms with Crippen molar-refractivity contribution in [1.29, 1.82) is 0 Å². The van der Waals surface area contributed by atoms with Crippen molar-refractivity contribution in [3.05, 3.63) is 65.5 Å². The van der Waals surface area contributed by atoms with Gasteiger partial charge in [-0.05, 0) is 55.3 Å². The van der Waals surface area contributed by atoms with Gasteiger partial charge in [0.05, 0.1) is 12.2 Å².